The molecule has 0 radical (unpaired) electrons. The topological polar surface area (TPSA) is 69.6 Å². The molecule has 2 fully saturated rings. The molecule has 0 saturated heterocycles. The van der Waals surface area contributed by atoms with Crippen molar-refractivity contribution in [3.05, 3.63) is 0 Å². The number of rotatable bonds is 6. The standard InChI is InChI=1S/C14H24N2O3/c17-13(18)8-9-16(12-6-7-12)14(19)15-10-11-4-2-1-3-5-11/h11-12H,1-10H2,(H,15,19)(H,17,18). The van der Waals surface area contributed by atoms with Crippen molar-refractivity contribution in [2.45, 2.75) is 57.4 Å². The lowest BCUT2D eigenvalue weighted by Gasteiger charge is -2.26. The Morgan fingerprint density at radius 3 is 2.37 bits per heavy atom. The number of aliphatic carboxylic acids is 1. The molecule has 108 valence electrons. The van der Waals surface area contributed by atoms with Crippen LogP contribution in [0.5, 0.6) is 0 Å². The van der Waals surface area contributed by atoms with E-state index in [1.807, 2.05) is 0 Å². The van der Waals surface area contributed by atoms with Crippen molar-refractivity contribution in [2.24, 2.45) is 5.92 Å². The van der Waals surface area contributed by atoms with E-state index in [0.29, 0.717) is 12.5 Å². The lowest BCUT2D eigenvalue weighted by atomic mass is 9.89. The summed E-state index contributed by atoms with van der Waals surface area (Å²) in [7, 11) is 0. The van der Waals surface area contributed by atoms with Crippen molar-refractivity contribution in [1.82, 2.24) is 10.2 Å². The summed E-state index contributed by atoms with van der Waals surface area (Å²) >= 11 is 0. The Balaban J connectivity index is 1.73. The molecule has 2 N–H and O–H groups in total. The van der Waals surface area contributed by atoms with Crippen LogP contribution in [0, 0.1) is 5.92 Å². The van der Waals surface area contributed by atoms with Gasteiger partial charge in [0.2, 0.25) is 0 Å². The van der Waals surface area contributed by atoms with E-state index >= 15 is 0 Å². The summed E-state index contributed by atoms with van der Waals surface area (Å²) in [4.78, 5) is 24.4. The number of nitrogens with one attached hydrogen (secondary N) is 1. The smallest absolute Gasteiger partial charge is 0.317 e. The van der Waals surface area contributed by atoms with E-state index in [0.717, 1.165) is 19.4 Å². The van der Waals surface area contributed by atoms with Crippen molar-refractivity contribution >= 4 is 12.0 Å². The largest absolute Gasteiger partial charge is 0.481 e. The number of carbonyl (C=O) groups is 2. The van der Waals surface area contributed by atoms with E-state index in [2.05, 4.69) is 5.32 Å². The van der Waals surface area contributed by atoms with Crippen LogP contribution in [-0.4, -0.2) is 41.1 Å². The summed E-state index contributed by atoms with van der Waals surface area (Å²) in [6.07, 6.45) is 8.33. The van der Waals surface area contributed by atoms with E-state index in [1.54, 1.807) is 4.90 Å². The van der Waals surface area contributed by atoms with Gasteiger partial charge in [-0.3, -0.25) is 4.79 Å². The highest BCUT2D eigenvalue weighted by Crippen LogP contribution is 2.27. The molecule has 2 aliphatic carbocycles. The van der Waals surface area contributed by atoms with Gasteiger partial charge in [-0.05, 0) is 31.6 Å². The van der Waals surface area contributed by atoms with Gasteiger partial charge in [-0.2, -0.15) is 0 Å². The molecule has 2 rings (SSSR count). The summed E-state index contributed by atoms with van der Waals surface area (Å²) in [6, 6.07) is 0.194. The molecule has 0 aliphatic heterocycles. The average Bonchev–Trinajstić information content (AvgIpc) is 3.22. The van der Waals surface area contributed by atoms with E-state index in [9.17, 15) is 9.59 Å². The summed E-state index contributed by atoms with van der Waals surface area (Å²) in [5, 5.41) is 11.7. The lowest BCUT2D eigenvalue weighted by Crippen LogP contribution is -2.44. The van der Waals surface area contributed by atoms with Crippen molar-refractivity contribution < 1.29 is 14.7 Å². The number of nitrogens with zero attached hydrogens (tertiary/aromatic N) is 1. The van der Waals surface area contributed by atoms with Gasteiger partial charge in [-0.15, -0.1) is 0 Å². The molecule has 0 aromatic carbocycles. The first-order chi connectivity index (χ1) is 9.16. The van der Waals surface area contributed by atoms with Gasteiger partial charge in [0, 0.05) is 19.1 Å². The first-order valence-corrected chi connectivity index (χ1v) is 7.43. The van der Waals surface area contributed by atoms with Crippen LogP contribution in [0.25, 0.3) is 0 Å². The Labute approximate surface area is 114 Å². The molecule has 0 aromatic heterocycles. The molecule has 2 amide bonds. The highest BCUT2D eigenvalue weighted by molar-refractivity contribution is 5.76. The molecule has 0 bridgehead atoms. The normalized spacial score (nSPS) is 20.0. The second-order valence-corrected chi connectivity index (χ2v) is 5.76. The average molecular weight is 268 g/mol. The SMILES string of the molecule is O=C(O)CCN(C(=O)NCC1CCCCC1)C1CC1. The van der Waals surface area contributed by atoms with Crippen LogP contribution < -0.4 is 5.32 Å². The number of carboxylic acid groups (broad SMARTS) is 1. The Bertz CT molecular complexity index is 323. The Morgan fingerprint density at radius 1 is 1.11 bits per heavy atom. The number of hydrogen-bond acceptors (Lipinski definition) is 2. The summed E-state index contributed by atoms with van der Waals surface area (Å²) in [5.74, 6) is -0.232. The number of carbonyl (C=O) groups excluding carboxylic acids is 1. The minimum atomic E-state index is -0.842. The van der Waals surface area contributed by atoms with Crippen LogP contribution in [0.4, 0.5) is 4.79 Å². The third kappa shape index (κ3) is 4.73. The fourth-order valence-electron chi connectivity index (χ4n) is 2.78. The third-order valence-electron chi connectivity index (χ3n) is 4.08. The molecule has 5 heteroatoms. The van der Waals surface area contributed by atoms with E-state index in [4.69, 9.17) is 5.11 Å². The molecule has 19 heavy (non-hydrogen) atoms. The third-order valence-corrected chi connectivity index (χ3v) is 4.08. The van der Waals surface area contributed by atoms with Gasteiger partial charge in [0.05, 0.1) is 6.42 Å². The maximum absolute atomic E-state index is 12.1. The van der Waals surface area contributed by atoms with E-state index in [1.165, 1.54) is 32.1 Å². The highest BCUT2D eigenvalue weighted by Gasteiger charge is 2.32. The zero-order chi connectivity index (χ0) is 13.7. The molecule has 0 aromatic rings. The van der Waals surface area contributed by atoms with Crippen molar-refractivity contribution in [3.8, 4) is 0 Å². The minimum Gasteiger partial charge on any atom is -0.481 e. The fraction of sp³-hybridized carbons (Fsp3) is 0.857. The zero-order valence-corrected chi connectivity index (χ0v) is 11.4. The molecule has 2 aliphatic rings. The highest BCUT2D eigenvalue weighted by atomic mass is 16.4. The van der Waals surface area contributed by atoms with Crippen LogP contribution in [0.3, 0.4) is 0 Å². The molecule has 5 nitrogen and oxygen atoms in total. The molecule has 0 unspecified atom stereocenters. The zero-order valence-electron chi connectivity index (χ0n) is 11.4. The predicted molar refractivity (Wildman–Crippen MR) is 72.0 cm³/mol. The predicted octanol–water partition coefficient (Wildman–Crippen LogP) is 2.22. The molecule has 0 heterocycles. The maximum atomic E-state index is 12.1. The van der Waals surface area contributed by atoms with Crippen molar-refractivity contribution in [3.63, 3.8) is 0 Å². The van der Waals surface area contributed by atoms with E-state index in [-0.39, 0.29) is 18.5 Å². The van der Waals surface area contributed by atoms with Crippen molar-refractivity contribution in [2.75, 3.05) is 13.1 Å². The molecule has 0 atom stereocenters. The summed E-state index contributed by atoms with van der Waals surface area (Å²) in [5.41, 5.74) is 0. The fourth-order valence-corrected chi connectivity index (χ4v) is 2.78. The van der Waals surface area contributed by atoms with Gasteiger partial charge in [-0.25, -0.2) is 4.79 Å². The summed E-state index contributed by atoms with van der Waals surface area (Å²) in [6.45, 7) is 1.08. The Hall–Kier alpha value is -1.26. The molecule has 2 saturated carbocycles. The maximum Gasteiger partial charge on any atom is 0.317 e. The number of amides is 2. The second kappa shape index (κ2) is 6.78. The van der Waals surface area contributed by atoms with Gasteiger partial charge in [-0.1, -0.05) is 19.3 Å². The quantitative estimate of drug-likeness (QED) is 0.776. The summed E-state index contributed by atoms with van der Waals surface area (Å²) < 4.78 is 0. The molecular formula is C14H24N2O3. The van der Waals surface area contributed by atoms with Gasteiger partial charge in [0.25, 0.3) is 0 Å². The van der Waals surface area contributed by atoms with Crippen molar-refractivity contribution in [1.29, 1.82) is 0 Å². The number of urea groups is 1. The van der Waals surface area contributed by atoms with Gasteiger partial charge in [0.1, 0.15) is 0 Å². The van der Waals surface area contributed by atoms with Crippen LogP contribution in [0.1, 0.15) is 51.4 Å². The Morgan fingerprint density at radius 2 is 1.79 bits per heavy atom. The van der Waals surface area contributed by atoms with Crippen LogP contribution in [0.2, 0.25) is 0 Å². The first-order valence-electron chi connectivity index (χ1n) is 7.43. The van der Waals surface area contributed by atoms with Gasteiger partial charge < -0.3 is 15.3 Å². The monoisotopic (exact) mass is 268 g/mol. The van der Waals surface area contributed by atoms with Gasteiger partial charge in [0.15, 0.2) is 0 Å². The Kier molecular flexibility index (Phi) is 5.05. The molecule has 0 spiro atoms. The van der Waals surface area contributed by atoms with Crippen LogP contribution in [0.15, 0.2) is 0 Å². The van der Waals surface area contributed by atoms with Gasteiger partial charge >= 0.3 is 12.0 Å². The lowest BCUT2D eigenvalue weighted by molar-refractivity contribution is -0.137. The first kappa shape index (κ1) is 14.2. The van der Waals surface area contributed by atoms with Crippen LogP contribution >= 0.6 is 0 Å². The molecular weight excluding hydrogens is 244 g/mol. The second-order valence-electron chi connectivity index (χ2n) is 5.76. The number of carboxylic acids is 1. The minimum absolute atomic E-state index is 0.0351. The number of hydrogen-bond donors (Lipinski definition) is 2. The van der Waals surface area contributed by atoms with E-state index < -0.39 is 5.97 Å². The van der Waals surface area contributed by atoms with Crippen LogP contribution in [-0.2, 0) is 4.79 Å².